The van der Waals surface area contributed by atoms with Crippen molar-refractivity contribution >= 4 is 23.8 Å². The van der Waals surface area contributed by atoms with Gasteiger partial charge < -0.3 is 15.2 Å². The van der Waals surface area contributed by atoms with Gasteiger partial charge in [0.2, 0.25) is 0 Å². The SMILES string of the molecule is O=C(O)CCC(Cc1ccc(SC(F)(F)F)cc1)NC(=O)OCC1c2ccccc2-c2ccccc21. The van der Waals surface area contributed by atoms with Gasteiger partial charge in [0, 0.05) is 23.3 Å². The molecule has 0 spiro atoms. The van der Waals surface area contributed by atoms with Gasteiger partial charge in [-0.2, -0.15) is 13.2 Å². The Hall–Kier alpha value is -3.46. The number of hydrogen-bond acceptors (Lipinski definition) is 4. The topological polar surface area (TPSA) is 75.6 Å². The molecule has 4 rings (SSSR count). The van der Waals surface area contributed by atoms with Crippen molar-refractivity contribution in [3.63, 3.8) is 0 Å². The Morgan fingerprint density at radius 1 is 0.944 bits per heavy atom. The summed E-state index contributed by atoms with van der Waals surface area (Å²) in [6, 6.07) is 21.2. The lowest BCUT2D eigenvalue weighted by Gasteiger charge is -2.20. The van der Waals surface area contributed by atoms with Crippen molar-refractivity contribution < 1.29 is 32.6 Å². The molecular weight excluding hydrogens is 491 g/mol. The van der Waals surface area contributed by atoms with Crippen LogP contribution in [0.3, 0.4) is 0 Å². The summed E-state index contributed by atoms with van der Waals surface area (Å²) in [6.45, 7) is 0.120. The highest BCUT2D eigenvalue weighted by Gasteiger charge is 2.30. The summed E-state index contributed by atoms with van der Waals surface area (Å²) in [5.74, 6) is -1.12. The van der Waals surface area contributed by atoms with Crippen LogP contribution in [0.4, 0.5) is 18.0 Å². The van der Waals surface area contributed by atoms with Crippen LogP contribution in [-0.2, 0) is 16.0 Å². The van der Waals surface area contributed by atoms with Crippen LogP contribution in [0, 0.1) is 0 Å². The van der Waals surface area contributed by atoms with Crippen molar-refractivity contribution in [2.45, 2.75) is 41.6 Å². The molecular formula is C27H24F3NO4S. The van der Waals surface area contributed by atoms with Crippen LogP contribution in [0.15, 0.2) is 77.7 Å². The van der Waals surface area contributed by atoms with Crippen molar-refractivity contribution in [2.24, 2.45) is 0 Å². The molecule has 1 unspecified atom stereocenters. The third kappa shape index (κ3) is 6.60. The second-order valence-corrected chi connectivity index (χ2v) is 9.63. The third-order valence-electron chi connectivity index (χ3n) is 6.01. The standard InChI is InChI=1S/C27H24F3NO4S/c28-27(29,30)36-19-12-9-17(10-13-19)15-18(11-14-25(32)33)31-26(34)35-16-24-22-7-3-1-5-20(22)21-6-2-4-8-23(21)24/h1-10,12-13,18,24H,11,14-16H2,(H,31,34)(H,32,33). The molecule has 5 nitrogen and oxygen atoms in total. The summed E-state index contributed by atoms with van der Waals surface area (Å²) in [7, 11) is 0. The number of alkyl carbamates (subject to hydrolysis) is 1. The second-order valence-electron chi connectivity index (χ2n) is 8.50. The number of alkyl halides is 3. The number of rotatable bonds is 9. The molecule has 9 heteroatoms. The number of carboxylic acid groups (broad SMARTS) is 1. The lowest BCUT2D eigenvalue weighted by Crippen LogP contribution is -2.37. The number of hydrogen-bond donors (Lipinski definition) is 2. The number of ether oxygens (including phenoxy) is 1. The van der Waals surface area contributed by atoms with E-state index in [1.165, 1.54) is 12.1 Å². The first-order chi connectivity index (χ1) is 17.2. The van der Waals surface area contributed by atoms with E-state index in [2.05, 4.69) is 5.32 Å². The summed E-state index contributed by atoms with van der Waals surface area (Å²) >= 11 is -0.205. The number of thioether (sulfide) groups is 1. The molecule has 1 aliphatic carbocycles. The van der Waals surface area contributed by atoms with E-state index in [-0.39, 0.29) is 48.4 Å². The van der Waals surface area contributed by atoms with E-state index in [1.807, 2.05) is 48.5 Å². The number of benzene rings is 3. The highest BCUT2D eigenvalue weighted by Crippen LogP contribution is 2.44. The van der Waals surface area contributed by atoms with Crippen molar-refractivity contribution in [1.29, 1.82) is 0 Å². The summed E-state index contributed by atoms with van der Waals surface area (Å²) < 4.78 is 43.3. The predicted molar refractivity (Wildman–Crippen MR) is 131 cm³/mol. The monoisotopic (exact) mass is 515 g/mol. The fraction of sp³-hybridized carbons (Fsp3) is 0.259. The van der Waals surface area contributed by atoms with Crippen LogP contribution in [0.1, 0.15) is 35.4 Å². The minimum absolute atomic E-state index is 0.0535. The Labute approximate surface area is 210 Å². The number of amides is 1. The van der Waals surface area contributed by atoms with Crippen LogP contribution < -0.4 is 5.32 Å². The molecule has 1 aliphatic rings. The molecule has 2 N–H and O–H groups in total. The zero-order chi connectivity index (χ0) is 25.7. The zero-order valence-corrected chi connectivity index (χ0v) is 19.9. The number of carbonyl (C=O) groups is 2. The molecule has 0 saturated carbocycles. The van der Waals surface area contributed by atoms with E-state index < -0.39 is 23.6 Å². The maximum atomic E-state index is 12.7. The fourth-order valence-electron chi connectivity index (χ4n) is 4.44. The van der Waals surface area contributed by atoms with Gasteiger partial charge in [-0.15, -0.1) is 0 Å². The molecule has 0 heterocycles. The van der Waals surface area contributed by atoms with Gasteiger partial charge in [0.05, 0.1) is 0 Å². The lowest BCUT2D eigenvalue weighted by molar-refractivity contribution is -0.137. The number of nitrogens with one attached hydrogen (secondary N) is 1. The number of aliphatic carboxylic acids is 1. The highest BCUT2D eigenvalue weighted by molar-refractivity contribution is 8.00. The largest absolute Gasteiger partial charge is 0.481 e. The quantitative estimate of drug-likeness (QED) is 0.314. The van der Waals surface area contributed by atoms with Crippen molar-refractivity contribution in [3.8, 4) is 11.1 Å². The molecule has 3 aromatic carbocycles. The normalized spacial score (nSPS) is 13.5. The molecule has 1 amide bonds. The fourth-order valence-corrected chi connectivity index (χ4v) is 4.98. The van der Waals surface area contributed by atoms with Crippen molar-refractivity contribution in [2.75, 3.05) is 6.61 Å². The molecule has 0 aromatic heterocycles. The maximum Gasteiger partial charge on any atom is 0.446 e. The first kappa shape index (κ1) is 25.6. The molecule has 0 saturated heterocycles. The van der Waals surface area contributed by atoms with Crippen LogP contribution in [0.5, 0.6) is 0 Å². The van der Waals surface area contributed by atoms with Crippen LogP contribution >= 0.6 is 11.8 Å². The van der Waals surface area contributed by atoms with Crippen LogP contribution in [-0.4, -0.2) is 35.3 Å². The number of halogens is 3. The number of carbonyl (C=O) groups excluding carboxylic acids is 1. The minimum atomic E-state index is -4.38. The first-order valence-electron chi connectivity index (χ1n) is 11.4. The van der Waals surface area contributed by atoms with Gasteiger partial charge in [0.25, 0.3) is 0 Å². The van der Waals surface area contributed by atoms with Crippen LogP contribution in [0.25, 0.3) is 11.1 Å². The Bertz CT molecular complexity index is 1180. The summed E-state index contributed by atoms with van der Waals surface area (Å²) in [4.78, 5) is 23.8. The molecule has 0 fully saturated rings. The van der Waals surface area contributed by atoms with Crippen LogP contribution in [0.2, 0.25) is 0 Å². The van der Waals surface area contributed by atoms with Crippen molar-refractivity contribution in [1.82, 2.24) is 5.32 Å². The maximum absolute atomic E-state index is 12.7. The van der Waals surface area contributed by atoms with Gasteiger partial charge in [0.1, 0.15) is 6.61 Å². The molecule has 1 atom stereocenters. The summed E-state index contributed by atoms with van der Waals surface area (Å²) in [6.07, 6.45) is -0.430. The molecule has 0 aliphatic heterocycles. The molecule has 36 heavy (non-hydrogen) atoms. The van der Waals surface area contributed by atoms with E-state index in [9.17, 15) is 22.8 Å². The molecule has 0 radical (unpaired) electrons. The highest BCUT2D eigenvalue weighted by atomic mass is 32.2. The van der Waals surface area contributed by atoms with Gasteiger partial charge in [0.15, 0.2) is 0 Å². The Morgan fingerprint density at radius 3 is 2.08 bits per heavy atom. The summed E-state index contributed by atoms with van der Waals surface area (Å²) in [5.41, 5.74) is 0.659. The summed E-state index contributed by atoms with van der Waals surface area (Å²) in [5, 5.41) is 11.8. The van der Waals surface area contributed by atoms with Gasteiger partial charge in [-0.3, -0.25) is 4.79 Å². The van der Waals surface area contributed by atoms with E-state index in [4.69, 9.17) is 9.84 Å². The van der Waals surface area contributed by atoms with Gasteiger partial charge >= 0.3 is 17.6 Å². The third-order valence-corrected chi connectivity index (χ3v) is 6.75. The Balaban J connectivity index is 1.39. The van der Waals surface area contributed by atoms with Crippen molar-refractivity contribution in [3.05, 3.63) is 89.5 Å². The van der Waals surface area contributed by atoms with E-state index in [1.54, 1.807) is 12.1 Å². The van der Waals surface area contributed by atoms with E-state index >= 15 is 0 Å². The predicted octanol–water partition coefficient (Wildman–Crippen LogP) is 6.61. The second kappa shape index (κ2) is 11.1. The van der Waals surface area contributed by atoms with Gasteiger partial charge in [-0.05, 0) is 64.6 Å². The number of fused-ring (bicyclic) bond motifs is 3. The molecule has 3 aromatic rings. The average molecular weight is 516 g/mol. The average Bonchev–Trinajstić information content (AvgIpc) is 3.15. The first-order valence-corrected chi connectivity index (χ1v) is 12.2. The lowest BCUT2D eigenvalue weighted by atomic mass is 9.98. The van der Waals surface area contributed by atoms with Gasteiger partial charge in [-0.1, -0.05) is 60.7 Å². The smallest absolute Gasteiger partial charge is 0.446 e. The molecule has 188 valence electrons. The number of carboxylic acids is 1. The van der Waals surface area contributed by atoms with E-state index in [0.29, 0.717) is 5.56 Å². The minimum Gasteiger partial charge on any atom is -0.481 e. The Morgan fingerprint density at radius 2 is 1.53 bits per heavy atom. The Kier molecular flexibility index (Phi) is 7.88. The van der Waals surface area contributed by atoms with Gasteiger partial charge in [-0.25, -0.2) is 4.79 Å². The van der Waals surface area contributed by atoms with E-state index in [0.717, 1.165) is 22.3 Å². The molecule has 0 bridgehead atoms. The zero-order valence-electron chi connectivity index (χ0n) is 19.1.